The summed E-state index contributed by atoms with van der Waals surface area (Å²) >= 11 is 4.81. The molecular weight excluding hydrogens is 420 g/mol. The molecule has 0 N–H and O–H groups in total. The Morgan fingerprint density at radius 2 is 2.15 bits per heavy atom. The molecule has 0 atom stereocenters. The van der Waals surface area contributed by atoms with Gasteiger partial charge in [-0.25, -0.2) is 4.98 Å². The summed E-state index contributed by atoms with van der Waals surface area (Å²) in [5.74, 6) is 1.84. The maximum atomic E-state index is 12.9. The summed E-state index contributed by atoms with van der Waals surface area (Å²) in [4.78, 5) is 21.9. The van der Waals surface area contributed by atoms with E-state index in [0.717, 1.165) is 4.47 Å². The summed E-state index contributed by atoms with van der Waals surface area (Å²) in [5.41, 5.74) is 0.567. The summed E-state index contributed by atoms with van der Waals surface area (Å²) in [6, 6.07) is 5.49. The van der Waals surface area contributed by atoms with Crippen molar-refractivity contribution < 1.29 is 9.26 Å². The number of ether oxygens (including phenoxy) is 1. The van der Waals surface area contributed by atoms with E-state index in [1.807, 2.05) is 26.0 Å². The summed E-state index contributed by atoms with van der Waals surface area (Å²) in [6.07, 6.45) is 0. The lowest BCUT2D eigenvalue weighted by atomic mass is 10.2. The maximum absolute atomic E-state index is 12.9. The zero-order valence-corrected chi connectivity index (χ0v) is 17.1. The highest BCUT2D eigenvalue weighted by molar-refractivity contribution is 9.10. The predicted molar refractivity (Wildman–Crippen MR) is 104 cm³/mol. The van der Waals surface area contributed by atoms with Crippen LogP contribution in [0.15, 0.2) is 37.1 Å². The average Bonchev–Trinajstić information content (AvgIpc) is 3.09. The van der Waals surface area contributed by atoms with Crippen LogP contribution in [0.1, 0.15) is 31.5 Å². The van der Waals surface area contributed by atoms with Crippen LogP contribution >= 0.6 is 27.7 Å². The molecule has 0 fully saturated rings. The van der Waals surface area contributed by atoms with E-state index < -0.39 is 0 Å². The number of benzene rings is 1. The minimum atomic E-state index is -0.0909. The van der Waals surface area contributed by atoms with Crippen molar-refractivity contribution in [2.45, 2.75) is 37.2 Å². The van der Waals surface area contributed by atoms with Crippen LogP contribution in [0, 0.1) is 0 Å². The van der Waals surface area contributed by atoms with Crippen molar-refractivity contribution in [1.29, 1.82) is 0 Å². The van der Waals surface area contributed by atoms with Crippen LogP contribution in [-0.4, -0.2) is 33.4 Å². The fraction of sp³-hybridized carbons (Fsp3) is 0.412. The monoisotopic (exact) mass is 438 g/mol. The minimum Gasteiger partial charge on any atom is -0.383 e. The summed E-state index contributed by atoms with van der Waals surface area (Å²) in [5, 5.41) is 5.17. The van der Waals surface area contributed by atoms with E-state index in [1.54, 1.807) is 17.7 Å². The Morgan fingerprint density at radius 1 is 1.35 bits per heavy atom. The first-order valence-electron chi connectivity index (χ1n) is 8.14. The largest absolute Gasteiger partial charge is 0.383 e. The van der Waals surface area contributed by atoms with Gasteiger partial charge in [0.25, 0.3) is 5.56 Å². The number of hydrogen-bond acceptors (Lipinski definition) is 7. The van der Waals surface area contributed by atoms with E-state index in [-0.39, 0.29) is 11.5 Å². The number of thioether (sulfide) groups is 1. The van der Waals surface area contributed by atoms with Crippen LogP contribution < -0.4 is 5.56 Å². The van der Waals surface area contributed by atoms with Gasteiger partial charge in [-0.3, -0.25) is 9.36 Å². The lowest BCUT2D eigenvalue weighted by molar-refractivity contribution is 0.183. The smallest absolute Gasteiger partial charge is 0.262 e. The molecule has 0 amide bonds. The van der Waals surface area contributed by atoms with Crippen LogP contribution in [0.3, 0.4) is 0 Å². The molecule has 0 aliphatic carbocycles. The SMILES string of the molecule is COCCn1c(SCc2noc(C(C)C)n2)nc2ccc(Br)cc2c1=O. The van der Waals surface area contributed by atoms with Gasteiger partial charge in [0.15, 0.2) is 11.0 Å². The molecule has 0 saturated carbocycles. The zero-order chi connectivity index (χ0) is 18.7. The highest BCUT2D eigenvalue weighted by Crippen LogP contribution is 2.23. The number of nitrogens with zero attached hydrogens (tertiary/aromatic N) is 4. The van der Waals surface area contributed by atoms with Crippen LogP contribution in [0.2, 0.25) is 0 Å². The van der Waals surface area contributed by atoms with E-state index in [2.05, 4.69) is 31.1 Å². The van der Waals surface area contributed by atoms with Crippen molar-refractivity contribution in [3.63, 3.8) is 0 Å². The third-order valence-corrected chi connectivity index (χ3v) is 5.17. The van der Waals surface area contributed by atoms with Crippen LogP contribution in [0.5, 0.6) is 0 Å². The molecule has 1 aromatic carbocycles. The van der Waals surface area contributed by atoms with Crippen molar-refractivity contribution in [2.24, 2.45) is 0 Å². The topological polar surface area (TPSA) is 83.0 Å². The molecule has 3 rings (SSSR count). The van der Waals surface area contributed by atoms with Crippen LogP contribution in [-0.2, 0) is 17.0 Å². The molecule has 0 aliphatic rings. The first-order chi connectivity index (χ1) is 12.5. The van der Waals surface area contributed by atoms with Gasteiger partial charge in [-0.2, -0.15) is 4.98 Å². The molecular formula is C17H19BrN4O3S. The third-order valence-electron chi connectivity index (χ3n) is 3.71. The molecule has 0 radical (unpaired) electrons. The second kappa shape index (κ2) is 8.32. The zero-order valence-electron chi connectivity index (χ0n) is 14.7. The third kappa shape index (κ3) is 4.16. The van der Waals surface area contributed by atoms with E-state index in [9.17, 15) is 4.79 Å². The van der Waals surface area contributed by atoms with Crippen molar-refractivity contribution in [3.05, 3.63) is 44.7 Å². The van der Waals surface area contributed by atoms with Crippen molar-refractivity contribution in [2.75, 3.05) is 13.7 Å². The molecule has 0 unspecified atom stereocenters. The summed E-state index contributed by atoms with van der Waals surface area (Å²) in [6.45, 7) is 4.84. The lowest BCUT2D eigenvalue weighted by Gasteiger charge is -2.12. The molecule has 9 heteroatoms. The van der Waals surface area contributed by atoms with Crippen LogP contribution in [0.25, 0.3) is 10.9 Å². The second-order valence-electron chi connectivity index (χ2n) is 6.00. The van der Waals surface area contributed by atoms with E-state index >= 15 is 0 Å². The Kier molecular flexibility index (Phi) is 6.10. The van der Waals surface area contributed by atoms with Crippen molar-refractivity contribution >= 4 is 38.6 Å². The molecule has 2 aromatic heterocycles. The molecule has 0 saturated heterocycles. The van der Waals surface area contributed by atoms with Crippen LogP contribution in [0.4, 0.5) is 0 Å². The highest BCUT2D eigenvalue weighted by atomic mass is 79.9. The van der Waals surface area contributed by atoms with E-state index in [0.29, 0.717) is 46.7 Å². The first-order valence-corrected chi connectivity index (χ1v) is 9.91. The highest BCUT2D eigenvalue weighted by Gasteiger charge is 2.15. The molecule has 0 aliphatic heterocycles. The van der Waals surface area contributed by atoms with Gasteiger partial charge in [0.1, 0.15) is 0 Å². The van der Waals surface area contributed by atoms with E-state index in [4.69, 9.17) is 9.26 Å². The second-order valence-corrected chi connectivity index (χ2v) is 7.86. The molecule has 2 heterocycles. The predicted octanol–water partition coefficient (Wildman–Crippen LogP) is 3.60. The number of hydrogen-bond donors (Lipinski definition) is 0. The molecule has 7 nitrogen and oxygen atoms in total. The number of rotatable bonds is 7. The lowest BCUT2D eigenvalue weighted by Crippen LogP contribution is -2.25. The summed E-state index contributed by atoms with van der Waals surface area (Å²) in [7, 11) is 1.61. The quantitative estimate of drug-likeness (QED) is 0.411. The van der Waals surface area contributed by atoms with Gasteiger partial charge in [-0.05, 0) is 18.2 Å². The fourth-order valence-corrected chi connectivity index (χ4v) is 3.58. The Morgan fingerprint density at radius 3 is 2.85 bits per heavy atom. The Balaban J connectivity index is 1.94. The Hall–Kier alpha value is -1.71. The molecule has 0 spiro atoms. The van der Waals surface area contributed by atoms with Crippen molar-refractivity contribution in [3.8, 4) is 0 Å². The Labute approximate surface area is 163 Å². The molecule has 0 bridgehead atoms. The maximum Gasteiger partial charge on any atom is 0.262 e. The normalized spacial score (nSPS) is 11.6. The number of methoxy groups -OCH3 is 1. The number of fused-ring (bicyclic) bond motifs is 1. The average molecular weight is 439 g/mol. The van der Waals surface area contributed by atoms with Gasteiger partial charge in [0.05, 0.1) is 29.8 Å². The van der Waals surface area contributed by atoms with Gasteiger partial charge in [0.2, 0.25) is 5.89 Å². The number of aromatic nitrogens is 4. The van der Waals surface area contributed by atoms with Gasteiger partial charge in [0, 0.05) is 17.5 Å². The van der Waals surface area contributed by atoms with Gasteiger partial charge >= 0.3 is 0 Å². The molecule has 3 aromatic rings. The Bertz CT molecular complexity index is 970. The molecule has 138 valence electrons. The van der Waals surface area contributed by atoms with Gasteiger partial charge < -0.3 is 9.26 Å². The van der Waals surface area contributed by atoms with Gasteiger partial charge in [-0.1, -0.05) is 46.7 Å². The van der Waals surface area contributed by atoms with E-state index in [1.165, 1.54) is 11.8 Å². The fourth-order valence-electron chi connectivity index (χ4n) is 2.35. The first kappa shape index (κ1) is 19.1. The van der Waals surface area contributed by atoms with Crippen molar-refractivity contribution in [1.82, 2.24) is 19.7 Å². The van der Waals surface area contributed by atoms with Gasteiger partial charge in [-0.15, -0.1) is 0 Å². The minimum absolute atomic E-state index is 0.0909. The standard InChI is InChI=1S/C17H19BrN4O3S/c1-10(2)15-20-14(21-25-15)9-26-17-19-13-5-4-11(18)8-12(13)16(23)22(17)6-7-24-3/h4-5,8,10H,6-7,9H2,1-3H3. The summed E-state index contributed by atoms with van der Waals surface area (Å²) < 4.78 is 12.8. The molecule has 26 heavy (non-hydrogen) atoms. The number of halogens is 1.